The van der Waals surface area contributed by atoms with Crippen LogP contribution in [0.4, 0.5) is 0 Å². The molecule has 0 spiro atoms. The maximum absolute atomic E-state index is 10.4. The van der Waals surface area contributed by atoms with Crippen LogP contribution in [0.15, 0.2) is 11.6 Å². The summed E-state index contributed by atoms with van der Waals surface area (Å²) in [5.41, 5.74) is 1.05. The second-order valence-electron chi connectivity index (χ2n) is 3.63. The first-order valence-electron chi connectivity index (χ1n) is 4.49. The third kappa shape index (κ3) is 6.34. The first-order chi connectivity index (χ1) is 5.93. The predicted molar refractivity (Wildman–Crippen MR) is 51.5 cm³/mol. The summed E-state index contributed by atoms with van der Waals surface area (Å²) in [6.45, 7) is 5.46. The van der Waals surface area contributed by atoms with Crippen LogP contribution in [0.2, 0.25) is 0 Å². The second kappa shape index (κ2) is 5.75. The summed E-state index contributed by atoms with van der Waals surface area (Å²) in [4.78, 5) is 10.4. The first-order valence-corrected chi connectivity index (χ1v) is 4.49. The van der Waals surface area contributed by atoms with Crippen molar-refractivity contribution in [3.63, 3.8) is 0 Å². The zero-order chi connectivity index (χ0) is 10.4. The number of aliphatic hydroxyl groups is 1. The van der Waals surface area contributed by atoms with Crippen molar-refractivity contribution in [3.8, 4) is 0 Å². The molecular formula is C10H18O3. The Hall–Kier alpha value is -0.830. The van der Waals surface area contributed by atoms with Gasteiger partial charge in [0.2, 0.25) is 0 Å². The van der Waals surface area contributed by atoms with Gasteiger partial charge in [0.15, 0.2) is 0 Å². The van der Waals surface area contributed by atoms with Crippen LogP contribution in [-0.2, 0) is 4.79 Å². The second-order valence-corrected chi connectivity index (χ2v) is 3.63. The number of carboxylic acids is 1. The Morgan fingerprint density at radius 2 is 1.92 bits per heavy atom. The molecule has 0 aliphatic rings. The van der Waals surface area contributed by atoms with Gasteiger partial charge in [-0.05, 0) is 26.7 Å². The van der Waals surface area contributed by atoms with E-state index in [0.29, 0.717) is 12.8 Å². The van der Waals surface area contributed by atoms with E-state index in [1.165, 1.54) is 0 Å². The minimum atomic E-state index is -0.801. The van der Waals surface area contributed by atoms with Gasteiger partial charge < -0.3 is 10.2 Å². The Kier molecular flexibility index (Phi) is 5.39. The van der Waals surface area contributed by atoms with Crippen LogP contribution < -0.4 is 0 Å². The summed E-state index contributed by atoms with van der Waals surface area (Å²) < 4.78 is 0. The fourth-order valence-electron chi connectivity index (χ4n) is 1.01. The minimum Gasteiger partial charge on any atom is -0.481 e. The van der Waals surface area contributed by atoms with Crippen molar-refractivity contribution in [1.29, 1.82) is 0 Å². The number of allylic oxidation sites excluding steroid dienone is 1. The summed E-state index contributed by atoms with van der Waals surface area (Å²) in [6.07, 6.45) is 2.26. The molecule has 3 nitrogen and oxygen atoms in total. The average molecular weight is 186 g/mol. The smallest absolute Gasteiger partial charge is 0.306 e. The Bertz CT molecular complexity index is 192. The highest BCUT2D eigenvalue weighted by Gasteiger charge is 2.12. The topological polar surface area (TPSA) is 57.5 Å². The molecule has 0 bridgehead atoms. The van der Waals surface area contributed by atoms with Crippen molar-refractivity contribution < 1.29 is 15.0 Å². The third-order valence-electron chi connectivity index (χ3n) is 1.84. The highest BCUT2D eigenvalue weighted by atomic mass is 16.4. The van der Waals surface area contributed by atoms with Crippen LogP contribution in [0.1, 0.15) is 33.6 Å². The molecule has 0 amide bonds. The largest absolute Gasteiger partial charge is 0.481 e. The van der Waals surface area contributed by atoms with E-state index < -0.39 is 12.1 Å². The predicted octanol–water partition coefficient (Wildman–Crippen LogP) is 1.81. The van der Waals surface area contributed by atoms with Gasteiger partial charge in [0, 0.05) is 0 Å². The van der Waals surface area contributed by atoms with E-state index in [9.17, 15) is 9.90 Å². The number of aliphatic carboxylic acids is 1. The van der Waals surface area contributed by atoms with E-state index in [1.807, 2.05) is 13.8 Å². The molecule has 3 heteroatoms. The monoisotopic (exact) mass is 186 g/mol. The molecule has 0 aromatic heterocycles. The molecule has 0 fully saturated rings. The van der Waals surface area contributed by atoms with Gasteiger partial charge in [-0.15, -0.1) is 0 Å². The summed E-state index contributed by atoms with van der Waals surface area (Å²) in [5, 5.41) is 18.0. The van der Waals surface area contributed by atoms with Gasteiger partial charge in [-0.3, -0.25) is 4.79 Å². The number of carboxylic acid groups (broad SMARTS) is 1. The molecule has 0 saturated carbocycles. The Morgan fingerprint density at radius 1 is 1.38 bits per heavy atom. The van der Waals surface area contributed by atoms with Crippen molar-refractivity contribution >= 4 is 5.97 Å². The highest BCUT2D eigenvalue weighted by Crippen LogP contribution is 2.09. The maximum Gasteiger partial charge on any atom is 0.306 e. The molecule has 13 heavy (non-hydrogen) atoms. The number of carbonyl (C=O) groups is 1. The third-order valence-corrected chi connectivity index (χ3v) is 1.84. The van der Waals surface area contributed by atoms with E-state index in [4.69, 9.17) is 5.11 Å². The van der Waals surface area contributed by atoms with Crippen molar-refractivity contribution in [3.05, 3.63) is 11.6 Å². The van der Waals surface area contributed by atoms with E-state index in [1.54, 1.807) is 13.0 Å². The average Bonchev–Trinajstić information content (AvgIpc) is 1.98. The molecule has 0 aromatic rings. The lowest BCUT2D eigenvalue weighted by Crippen LogP contribution is -2.12. The zero-order valence-corrected chi connectivity index (χ0v) is 8.45. The number of hydrogen-bond acceptors (Lipinski definition) is 2. The van der Waals surface area contributed by atoms with Gasteiger partial charge in [0.05, 0.1) is 12.0 Å². The fourth-order valence-corrected chi connectivity index (χ4v) is 1.01. The Balaban J connectivity index is 3.76. The summed E-state index contributed by atoms with van der Waals surface area (Å²) in [6, 6.07) is 0. The van der Waals surface area contributed by atoms with Gasteiger partial charge in [0.1, 0.15) is 0 Å². The number of aliphatic hydroxyl groups excluding tert-OH is 1. The molecule has 76 valence electrons. The maximum atomic E-state index is 10.4. The summed E-state index contributed by atoms with van der Waals surface area (Å²) >= 11 is 0. The quantitative estimate of drug-likeness (QED) is 0.644. The normalized spacial score (nSPS) is 14.8. The lowest BCUT2D eigenvalue weighted by molar-refractivity contribution is -0.141. The van der Waals surface area contributed by atoms with Crippen LogP contribution >= 0.6 is 0 Å². The zero-order valence-electron chi connectivity index (χ0n) is 8.45. The summed E-state index contributed by atoms with van der Waals surface area (Å²) in [5.74, 6) is -1.18. The van der Waals surface area contributed by atoms with Gasteiger partial charge in [-0.2, -0.15) is 0 Å². The molecule has 0 heterocycles. The van der Waals surface area contributed by atoms with Gasteiger partial charge in [-0.25, -0.2) is 0 Å². The Labute approximate surface area is 79.1 Å². The fraction of sp³-hybridized carbons (Fsp3) is 0.700. The van der Waals surface area contributed by atoms with Crippen molar-refractivity contribution in [2.75, 3.05) is 0 Å². The molecular weight excluding hydrogens is 168 g/mol. The molecule has 2 atom stereocenters. The lowest BCUT2D eigenvalue weighted by Gasteiger charge is -2.08. The standard InChI is InChI=1S/C10H18O3/c1-7(2)6-9(11)5-4-8(3)10(12)13/h6,8-9,11H,4-5H2,1-3H3,(H,12,13). The van der Waals surface area contributed by atoms with Crippen LogP contribution in [-0.4, -0.2) is 22.3 Å². The van der Waals surface area contributed by atoms with Crippen LogP contribution in [0.3, 0.4) is 0 Å². The molecule has 0 aliphatic carbocycles. The molecule has 0 radical (unpaired) electrons. The number of rotatable bonds is 5. The highest BCUT2D eigenvalue weighted by molar-refractivity contribution is 5.69. The van der Waals surface area contributed by atoms with Gasteiger partial charge >= 0.3 is 5.97 Å². The molecule has 2 N–H and O–H groups in total. The van der Waals surface area contributed by atoms with Crippen molar-refractivity contribution in [2.45, 2.75) is 39.7 Å². The Morgan fingerprint density at radius 3 is 2.31 bits per heavy atom. The molecule has 0 saturated heterocycles. The first kappa shape index (κ1) is 12.2. The van der Waals surface area contributed by atoms with Gasteiger partial charge in [-0.1, -0.05) is 18.6 Å². The van der Waals surface area contributed by atoms with Crippen molar-refractivity contribution in [1.82, 2.24) is 0 Å². The molecule has 0 aromatic carbocycles. The summed E-state index contributed by atoms with van der Waals surface area (Å²) in [7, 11) is 0. The minimum absolute atomic E-state index is 0.375. The van der Waals surface area contributed by atoms with E-state index in [-0.39, 0.29) is 5.92 Å². The molecule has 0 rings (SSSR count). The van der Waals surface area contributed by atoms with Crippen molar-refractivity contribution in [2.24, 2.45) is 5.92 Å². The molecule has 0 aliphatic heterocycles. The van der Waals surface area contributed by atoms with Crippen LogP contribution in [0.25, 0.3) is 0 Å². The lowest BCUT2D eigenvalue weighted by atomic mass is 10.0. The number of hydrogen-bond donors (Lipinski definition) is 2. The van der Waals surface area contributed by atoms with Crippen LogP contribution in [0, 0.1) is 5.92 Å². The van der Waals surface area contributed by atoms with E-state index in [0.717, 1.165) is 5.57 Å². The van der Waals surface area contributed by atoms with Gasteiger partial charge in [0.25, 0.3) is 0 Å². The van der Waals surface area contributed by atoms with E-state index >= 15 is 0 Å². The molecule has 2 unspecified atom stereocenters. The van der Waals surface area contributed by atoms with Crippen LogP contribution in [0.5, 0.6) is 0 Å². The SMILES string of the molecule is CC(C)=CC(O)CCC(C)C(=O)O. The van der Waals surface area contributed by atoms with E-state index in [2.05, 4.69) is 0 Å².